The summed E-state index contributed by atoms with van der Waals surface area (Å²) in [4.78, 5) is 6.68. The standard InChI is InChI=1S/C18H16F3N3S/c19-18(20,21)13-6-7-14-16(10-13)25-17(23-14)24-9-8-22-15(11-24)12-4-2-1-3-5-12/h1-7,10,15,22H,8-9,11H2/t15-/m0/s1. The van der Waals surface area contributed by atoms with Crippen LogP contribution in [0.4, 0.5) is 18.3 Å². The van der Waals surface area contributed by atoms with Crippen molar-refractivity contribution in [3.8, 4) is 0 Å². The first-order valence-electron chi connectivity index (χ1n) is 8.02. The summed E-state index contributed by atoms with van der Waals surface area (Å²) in [5, 5.41) is 4.26. The normalized spacial score (nSPS) is 18.7. The van der Waals surface area contributed by atoms with Gasteiger partial charge >= 0.3 is 6.18 Å². The summed E-state index contributed by atoms with van der Waals surface area (Å²) in [5.74, 6) is 0. The van der Waals surface area contributed by atoms with Gasteiger partial charge in [-0.2, -0.15) is 13.2 Å². The van der Waals surface area contributed by atoms with E-state index in [1.807, 2.05) is 18.2 Å². The van der Waals surface area contributed by atoms with Crippen LogP contribution in [0.2, 0.25) is 0 Å². The van der Waals surface area contributed by atoms with Crippen molar-refractivity contribution in [3.63, 3.8) is 0 Å². The molecule has 1 saturated heterocycles. The van der Waals surface area contributed by atoms with E-state index in [9.17, 15) is 13.2 Å². The van der Waals surface area contributed by atoms with Crippen molar-refractivity contribution >= 4 is 26.7 Å². The van der Waals surface area contributed by atoms with Gasteiger partial charge in [0.05, 0.1) is 15.8 Å². The maximum Gasteiger partial charge on any atom is 0.416 e. The lowest BCUT2D eigenvalue weighted by Gasteiger charge is -2.33. The molecule has 1 fully saturated rings. The minimum absolute atomic E-state index is 0.188. The number of nitrogens with zero attached hydrogens (tertiary/aromatic N) is 2. The summed E-state index contributed by atoms with van der Waals surface area (Å²) in [5.41, 5.74) is 1.19. The molecule has 0 bridgehead atoms. The number of hydrogen-bond donors (Lipinski definition) is 1. The van der Waals surface area contributed by atoms with E-state index in [1.165, 1.54) is 29.0 Å². The Morgan fingerprint density at radius 2 is 1.92 bits per heavy atom. The van der Waals surface area contributed by atoms with Crippen LogP contribution in [0, 0.1) is 0 Å². The highest BCUT2D eigenvalue weighted by Gasteiger charge is 2.31. The molecule has 3 nitrogen and oxygen atoms in total. The van der Waals surface area contributed by atoms with Crippen molar-refractivity contribution in [2.45, 2.75) is 12.2 Å². The highest BCUT2D eigenvalue weighted by atomic mass is 32.1. The minimum Gasteiger partial charge on any atom is -0.345 e. The zero-order chi connectivity index (χ0) is 17.4. The Balaban J connectivity index is 1.60. The maximum absolute atomic E-state index is 12.9. The molecule has 0 amide bonds. The molecule has 0 spiro atoms. The summed E-state index contributed by atoms with van der Waals surface area (Å²) < 4.78 is 39.2. The number of piperazine rings is 1. The number of hydrogen-bond acceptors (Lipinski definition) is 4. The predicted molar refractivity (Wildman–Crippen MR) is 94.0 cm³/mol. The van der Waals surface area contributed by atoms with Crippen LogP contribution in [0.15, 0.2) is 48.5 Å². The number of thiazole rings is 1. The molecule has 4 rings (SSSR count). The quantitative estimate of drug-likeness (QED) is 0.728. The van der Waals surface area contributed by atoms with Crippen molar-refractivity contribution < 1.29 is 13.2 Å². The Morgan fingerprint density at radius 3 is 2.68 bits per heavy atom. The number of fused-ring (bicyclic) bond motifs is 1. The largest absolute Gasteiger partial charge is 0.416 e. The monoisotopic (exact) mass is 363 g/mol. The van der Waals surface area contributed by atoms with Crippen molar-refractivity contribution in [3.05, 3.63) is 59.7 Å². The van der Waals surface area contributed by atoms with Gasteiger partial charge in [0.15, 0.2) is 5.13 Å². The van der Waals surface area contributed by atoms with Crippen molar-refractivity contribution in [2.75, 3.05) is 24.5 Å². The topological polar surface area (TPSA) is 28.2 Å². The van der Waals surface area contributed by atoms with Gasteiger partial charge in [-0.3, -0.25) is 0 Å². The second-order valence-corrected chi connectivity index (χ2v) is 7.05. The highest BCUT2D eigenvalue weighted by Crippen LogP contribution is 2.36. The van der Waals surface area contributed by atoms with Crippen LogP contribution < -0.4 is 10.2 Å². The van der Waals surface area contributed by atoms with Gasteiger partial charge in [0, 0.05) is 25.7 Å². The Labute approximate surface area is 147 Å². The molecule has 1 aliphatic rings. The second-order valence-electron chi connectivity index (χ2n) is 6.04. The highest BCUT2D eigenvalue weighted by molar-refractivity contribution is 7.22. The molecule has 7 heteroatoms. The van der Waals surface area contributed by atoms with E-state index in [1.54, 1.807) is 0 Å². The van der Waals surface area contributed by atoms with Gasteiger partial charge in [-0.25, -0.2) is 4.98 Å². The first kappa shape index (κ1) is 16.4. The first-order valence-corrected chi connectivity index (χ1v) is 8.83. The van der Waals surface area contributed by atoms with Gasteiger partial charge < -0.3 is 10.2 Å². The van der Waals surface area contributed by atoms with E-state index in [0.29, 0.717) is 10.2 Å². The number of anilines is 1. The Hall–Kier alpha value is -2.12. The van der Waals surface area contributed by atoms with E-state index in [2.05, 4.69) is 27.3 Å². The van der Waals surface area contributed by atoms with Crippen LogP contribution in [-0.4, -0.2) is 24.6 Å². The number of benzene rings is 2. The van der Waals surface area contributed by atoms with E-state index < -0.39 is 11.7 Å². The van der Waals surface area contributed by atoms with Gasteiger partial charge in [0.1, 0.15) is 0 Å². The zero-order valence-electron chi connectivity index (χ0n) is 13.3. The van der Waals surface area contributed by atoms with E-state index in [4.69, 9.17) is 0 Å². The van der Waals surface area contributed by atoms with Crippen molar-refractivity contribution in [2.24, 2.45) is 0 Å². The summed E-state index contributed by atoms with van der Waals surface area (Å²) in [6, 6.07) is 14.1. The third-order valence-electron chi connectivity index (χ3n) is 4.35. The molecule has 1 atom stereocenters. The van der Waals surface area contributed by atoms with Gasteiger partial charge in [0.2, 0.25) is 0 Å². The molecular formula is C18H16F3N3S. The fourth-order valence-corrected chi connectivity index (χ4v) is 4.10. The van der Waals surface area contributed by atoms with Gasteiger partial charge in [-0.1, -0.05) is 41.7 Å². The molecule has 1 aliphatic heterocycles. The molecule has 3 aromatic rings. The molecule has 0 aliphatic carbocycles. The van der Waals surface area contributed by atoms with Gasteiger partial charge in [-0.15, -0.1) is 0 Å². The van der Waals surface area contributed by atoms with Crippen LogP contribution in [0.5, 0.6) is 0 Å². The number of nitrogens with one attached hydrogen (secondary N) is 1. The Bertz CT molecular complexity index is 876. The molecule has 1 aromatic heterocycles. The van der Waals surface area contributed by atoms with Crippen LogP contribution in [0.25, 0.3) is 10.2 Å². The molecule has 1 N–H and O–H groups in total. The van der Waals surface area contributed by atoms with E-state index in [0.717, 1.165) is 30.8 Å². The zero-order valence-corrected chi connectivity index (χ0v) is 14.1. The van der Waals surface area contributed by atoms with E-state index >= 15 is 0 Å². The van der Waals surface area contributed by atoms with Gasteiger partial charge in [-0.05, 0) is 23.8 Å². The predicted octanol–water partition coefficient (Wildman–Crippen LogP) is 4.47. The Kier molecular flexibility index (Phi) is 4.13. The lowest BCUT2D eigenvalue weighted by Crippen LogP contribution is -2.45. The third-order valence-corrected chi connectivity index (χ3v) is 5.43. The molecule has 0 unspecified atom stereocenters. The molecule has 2 heterocycles. The van der Waals surface area contributed by atoms with Crippen molar-refractivity contribution in [1.29, 1.82) is 0 Å². The molecular weight excluding hydrogens is 347 g/mol. The number of aromatic nitrogens is 1. The summed E-state index contributed by atoms with van der Waals surface area (Å²) in [7, 11) is 0. The number of rotatable bonds is 2. The fourth-order valence-electron chi connectivity index (χ4n) is 3.06. The van der Waals surface area contributed by atoms with Crippen LogP contribution in [-0.2, 0) is 6.18 Å². The first-order chi connectivity index (χ1) is 12.0. The maximum atomic E-state index is 12.9. The smallest absolute Gasteiger partial charge is 0.345 e. The van der Waals surface area contributed by atoms with E-state index in [-0.39, 0.29) is 6.04 Å². The number of alkyl halides is 3. The third kappa shape index (κ3) is 3.34. The minimum atomic E-state index is -4.33. The van der Waals surface area contributed by atoms with Crippen LogP contribution in [0.3, 0.4) is 0 Å². The molecule has 25 heavy (non-hydrogen) atoms. The lowest BCUT2D eigenvalue weighted by molar-refractivity contribution is -0.137. The fraction of sp³-hybridized carbons (Fsp3) is 0.278. The van der Waals surface area contributed by atoms with Crippen LogP contribution in [0.1, 0.15) is 17.2 Å². The number of halogens is 3. The average Bonchev–Trinajstić information content (AvgIpc) is 3.05. The average molecular weight is 363 g/mol. The van der Waals surface area contributed by atoms with Gasteiger partial charge in [0.25, 0.3) is 0 Å². The molecule has 0 saturated carbocycles. The molecule has 2 aromatic carbocycles. The molecule has 130 valence electrons. The van der Waals surface area contributed by atoms with Crippen LogP contribution >= 0.6 is 11.3 Å². The summed E-state index contributed by atoms with van der Waals surface area (Å²) >= 11 is 1.32. The molecule has 0 radical (unpaired) electrons. The summed E-state index contributed by atoms with van der Waals surface area (Å²) in [6.07, 6.45) is -4.33. The Morgan fingerprint density at radius 1 is 1.12 bits per heavy atom. The summed E-state index contributed by atoms with van der Waals surface area (Å²) in [6.45, 7) is 2.34. The lowest BCUT2D eigenvalue weighted by atomic mass is 10.1. The second kappa shape index (κ2) is 6.31. The van der Waals surface area contributed by atoms with Crippen molar-refractivity contribution in [1.82, 2.24) is 10.3 Å². The SMILES string of the molecule is FC(F)(F)c1ccc2nc(N3CCN[C@H](c4ccccc4)C3)sc2c1.